The summed E-state index contributed by atoms with van der Waals surface area (Å²) in [4.78, 5) is 15.9. The van der Waals surface area contributed by atoms with Gasteiger partial charge in [0.2, 0.25) is 0 Å². The average Bonchev–Trinajstić information content (AvgIpc) is 3.24. The maximum atomic E-state index is 11.0. The van der Waals surface area contributed by atoms with E-state index in [2.05, 4.69) is 41.8 Å². The number of carboxylic acid groups (broad SMARTS) is 1. The zero-order chi connectivity index (χ0) is 23.2. The Morgan fingerprint density at radius 3 is 2.70 bits per heavy atom. The number of aliphatic hydroxyl groups is 1. The highest BCUT2D eigenvalue weighted by Gasteiger charge is 2.19. The van der Waals surface area contributed by atoms with E-state index in [1.165, 1.54) is 16.0 Å². The van der Waals surface area contributed by atoms with Gasteiger partial charge in [-0.1, -0.05) is 42.5 Å². The van der Waals surface area contributed by atoms with Crippen molar-refractivity contribution in [2.75, 3.05) is 6.54 Å². The van der Waals surface area contributed by atoms with Gasteiger partial charge in [-0.15, -0.1) is 17.9 Å². The summed E-state index contributed by atoms with van der Waals surface area (Å²) >= 11 is 1.73. The number of fused-ring (bicyclic) bond motifs is 1. The van der Waals surface area contributed by atoms with Crippen LogP contribution in [0.15, 0.2) is 67.3 Å². The number of benzene rings is 2. The number of carboxylic acids is 1. The van der Waals surface area contributed by atoms with Crippen molar-refractivity contribution < 1.29 is 19.7 Å². The molecule has 0 aliphatic carbocycles. The monoisotopic (exact) mass is 463 g/mol. The molecule has 1 aliphatic heterocycles. The van der Waals surface area contributed by atoms with Gasteiger partial charge in [-0.2, -0.15) is 0 Å². The van der Waals surface area contributed by atoms with Crippen LogP contribution in [0.4, 0.5) is 0 Å². The molecule has 1 aromatic heterocycles. The quantitative estimate of drug-likeness (QED) is 0.408. The highest BCUT2D eigenvalue weighted by molar-refractivity contribution is 7.12. The van der Waals surface area contributed by atoms with Gasteiger partial charge in [-0.25, -0.2) is 0 Å². The Kier molecular flexibility index (Phi) is 7.60. The number of hydrogen-bond acceptors (Lipinski definition) is 5. The number of aliphatic hydroxyl groups excluding tert-OH is 1. The normalized spacial score (nSPS) is 14.5. The van der Waals surface area contributed by atoms with Crippen LogP contribution in [0.2, 0.25) is 0 Å². The third kappa shape index (κ3) is 6.11. The van der Waals surface area contributed by atoms with Crippen LogP contribution >= 0.6 is 11.3 Å². The fourth-order valence-corrected chi connectivity index (χ4v) is 5.28. The molecule has 0 fully saturated rings. The van der Waals surface area contributed by atoms with Crippen molar-refractivity contribution in [1.82, 2.24) is 4.90 Å². The number of hydrogen-bond donors (Lipinski definition) is 2. The number of ether oxygens (including phenoxy) is 1. The Morgan fingerprint density at radius 1 is 1.18 bits per heavy atom. The van der Waals surface area contributed by atoms with Crippen molar-refractivity contribution in [2.24, 2.45) is 0 Å². The van der Waals surface area contributed by atoms with Gasteiger partial charge in [-0.3, -0.25) is 9.69 Å². The van der Waals surface area contributed by atoms with E-state index < -0.39 is 5.97 Å². The molecule has 2 aromatic carbocycles. The molecule has 0 radical (unpaired) electrons. The van der Waals surface area contributed by atoms with Crippen molar-refractivity contribution in [3.05, 3.63) is 99.3 Å². The number of carbonyl (C=O) groups is 1. The molecule has 0 bridgehead atoms. The lowest BCUT2D eigenvalue weighted by molar-refractivity contribution is -0.137. The Morgan fingerprint density at radius 2 is 1.97 bits per heavy atom. The summed E-state index contributed by atoms with van der Waals surface area (Å²) in [6, 6.07) is 18.2. The minimum absolute atomic E-state index is 0.0316. The van der Waals surface area contributed by atoms with E-state index in [4.69, 9.17) is 9.84 Å². The number of rotatable bonds is 10. The van der Waals surface area contributed by atoms with Crippen molar-refractivity contribution in [1.29, 1.82) is 0 Å². The van der Waals surface area contributed by atoms with Crippen LogP contribution in [0.3, 0.4) is 0 Å². The molecular weight excluding hydrogens is 434 g/mol. The van der Waals surface area contributed by atoms with Crippen LogP contribution in [-0.2, 0) is 37.5 Å². The maximum Gasteiger partial charge on any atom is 0.304 e. The van der Waals surface area contributed by atoms with E-state index in [9.17, 15) is 9.90 Å². The van der Waals surface area contributed by atoms with Gasteiger partial charge in [0, 0.05) is 35.3 Å². The molecule has 0 saturated heterocycles. The number of aliphatic carboxylic acids is 1. The minimum atomic E-state index is -0.838. The molecule has 0 amide bonds. The van der Waals surface area contributed by atoms with E-state index in [1.54, 1.807) is 17.4 Å². The van der Waals surface area contributed by atoms with Gasteiger partial charge < -0.3 is 14.9 Å². The third-order valence-electron chi connectivity index (χ3n) is 5.94. The molecule has 172 valence electrons. The first-order chi connectivity index (χ1) is 16.0. The molecule has 3 aromatic rings. The van der Waals surface area contributed by atoms with Crippen molar-refractivity contribution in [3.63, 3.8) is 0 Å². The van der Waals surface area contributed by atoms with Gasteiger partial charge >= 0.3 is 5.97 Å². The first-order valence-electron chi connectivity index (χ1n) is 11.1. The molecule has 33 heavy (non-hydrogen) atoms. The lowest BCUT2D eigenvalue weighted by Gasteiger charge is -2.27. The highest BCUT2D eigenvalue weighted by atomic mass is 32.1. The summed E-state index contributed by atoms with van der Waals surface area (Å²) in [5, 5.41) is 18.4. The molecule has 4 rings (SSSR count). The van der Waals surface area contributed by atoms with E-state index in [-0.39, 0.29) is 18.9 Å². The molecule has 0 saturated carbocycles. The summed E-state index contributed by atoms with van der Waals surface area (Å²) < 4.78 is 5.97. The fraction of sp³-hybridized carbons (Fsp3) is 0.296. The maximum absolute atomic E-state index is 11.0. The number of thiophene rings is 1. The summed E-state index contributed by atoms with van der Waals surface area (Å²) in [6.07, 6.45) is 2.74. The molecule has 1 aliphatic rings. The number of nitrogens with zero attached hydrogens (tertiary/aromatic N) is 1. The molecule has 0 spiro atoms. The average molecular weight is 464 g/mol. The number of allylic oxidation sites excluding steroid dienone is 1. The zero-order valence-electron chi connectivity index (χ0n) is 18.6. The first-order valence-corrected chi connectivity index (χ1v) is 11.9. The SMILES string of the molecule is C=C[C@@H](CC(=O)O)c1ccc(OCc2cccc(CN3CCc4sc(CO)cc4C3)c2)cc1. The molecule has 2 heterocycles. The Balaban J connectivity index is 1.33. The van der Waals surface area contributed by atoms with E-state index >= 15 is 0 Å². The zero-order valence-corrected chi connectivity index (χ0v) is 19.4. The molecule has 1 atom stereocenters. The van der Waals surface area contributed by atoms with Crippen LogP contribution in [0.25, 0.3) is 0 Å². The van der Waals surface area contributed by atoms with Crippen LogP contribution in [0.5, 0.6) is 5.75 Å². The molecular formula is C27H29NO4S. The summed E-state index contributed by atoms with van der Waals surface area (Å²) in [6.45, 7) is 7.18. The molecule has 0 unspecified atom stereocenters. The Hall–Kier alpha value is -2.93. The first kappa shape index (κ1) is 23.2. The van der Waals surface area contributed by atoms with Gasteiger partial charge in [0.05, 0.1) is 13.0 Å². The van der Waals surface area contributed by atoms with Crippen molar-refractivity contribution in [2.45, 2.75) is 45.1 Å². The lowest BCUT2D eigenvalue weighted by Crippen LogP contribution is -2.29. The van der Waals surface area contributed by atoms with Gasteiger partial charge in [0.25, 0.3) is 0 Å². The van der Waals surface area contributed by atoms with Gasteiger partial charge in [-0.05, 0) is 46.9 Å². The second kappa shape index (κ2) is 10.8. The van der Waals surface area contributed by atoms with Crippen LogP contribution in [0, 0.1) is 0 Å². The second-order valence-corrected chi connectivity index (χ2v) is 9.62. The van der Waals surface area contributed by atoms with Crippen LogP contribution < -0.4 is 4.74 Å². The molecule has 5 nitrogen and oxygen atoms in total. The Bertz CT molecular complexity index is 1110. The third-order valence-corrected chi connectivity index (χ3v) is 7.16. The van der Waals surface area contributed by atoms with Crippen LogP contribution in [0.1, 0.15) is 44.3 Å². The smallest absolute Gasteiger partial charge is 0.304 e. The second-order valence-electron chi connectivity index (χ2n) is 8.40. The lowest BCUT2D eigenvalue weighted by atomic mass is 9.96. The minimum Gasteiger partial charge on any atom is -0.489 e. The predicted molar refractivity (Wildman–Crippen MR) is 130 cm³/mol. The Labute approximate surface area is 198 Å². The van der Waals surface area contributed by atoms with Crippen molar-refractivity contribution in [3.8, 4) is 5.75 Å². The van der Waals surface area contributed by atoms with Gasteiger partial charge in [0.15, 0.2) is 0 Å². The van der Waals surface area contributed by atoms with Gasteiger partial charge in [0.1, 0.15) is 12.4 Å². The summed E-state index contributed by atoms with van der Waals surface area (Å²) in [7, 11) is 0. The standard InChI is InChI=1S/C27H29NO4S/c1-2-21(14-27(30)31)22-6-8-24(9-7-22)32-18-20-5-3-4-19(12-20)15-28-11-10-26-23(16-28)13-25(17-29)33-26/h2-9,12-13,21,29H,1,10-11,14-18H2,(H,30,31)/t21-/m0/s1. The van der Waals surface area contributed by atoms with E-state index in [0.717, 1.165) is 47.8 Å². The molecule has 6 heteroatoms. The van der Waals surface area contributed by atoms with E-state index in [1.807, 2.05) is 24.3 Å². The topological polar surface area (TPSA) is 70.0 Å². The highest BCUT2D eigenvalue weighted by Crippen LogP contribution is 2.29. The fourth-order valence-electron chi connectivity index (χ4n) is 4.25. The predicted octanol–water partition coefficient (Wildman–Crippen LogP) is 5.12. The largest absolute Gasteiger partial charge is 0.489 e. The van der Waals surface area contributed by atoms with Crippen molar-refractivity contribution >= 4 is 17.3 Å². The molecule has 2 N–H and O–H groups in total. The summed E-state index contributed by atoms with van der Waals surface area (Å²) in [5.41, 5.74) is 4.64. The van der Waals surface area contributed by atoms with E-state index in [0.29, 0.717) is 6.61 Å². The van der Waals surface area contributed by atoms with Crippen LogP contribution in [-0.4, -0.2) is 27.6 Å². The summed E-state index contributed by atoms with van der Waals surface area (Å²) in [5.74, 6) is -0.290.